The van der Waals surface area contributed by atoms with Gasteiger partial charge in [-0.05, 0) is 25.0 Å². The van der Waals surface area contributed by atoms with Crippen molar-refractivity contribution in [2.75, 3.05) is 0 Å². The Labute approximate surface area is 101 Å². The van der Waals surface area contributed by atoms with E-state index in [-0.39, 0.29) is 6.04 Å². The number of nitrogens with one attached hydrogen (secondary N) is 1. The maximum absolute atomic E-state index is 5.60. The minimum Gasteiger partial charge on any atom is -0.271 e. The second-order valence-electron chi connectivity index (χ2n) is 3.87. The van der Waals surface area contributed by atoms with Crippen LogP contribution in [0.1, 0.15) is 18.9 Å². The van der Waals surface area contributed by atoms with E-state index < -0.39 is 0 Å². The zero-order chi connectivity index (χ0) is 11.4. The maximum atomic E-state index is 5.60. The van der Waals surface area contributed by atoms with Crippen molar-refractivity contribution in [3.05, 3.63) is 29.8 Å². The molecule has 2 unspecified atom stereocenters. The zero-order valence-electron chi connectivity index (χ0n) is 9.36. The van der Waals surface area contributed by atoms with Gasteiger partial charge in [0.2, 0.25) is 0 Å². The van der Waals surface area contributed by atoms with Gasteiger partial charge in [-0.15, -0.1) is 23.6 Å². The Kier molecular flexibility index (Phi) is 3.89. The zero-order valence-corrected chi connectivity index (χ0v) is 10.2. The summed E-state index contributed by atoms with van der Waals surface area (Å²) in [7, 11) is 0. The SMILES string of the molecule is CC#CCC(NN)C1Cc2ccccc2S1. The topological polar surface area (TPSA) is 38.0 Å². The molecule has 2 atom stereocenters. The van der Waals surface area contributed by atoms with E-state index in [9.17, 15) is 0 Å². The molecular formula is C13H16N2S. The van der Waals surface area contributed by atoms with E-state index in [0.717, 1.165) is 12.8 Å². The molecule has 1 aliphatic heterocycles. The molecule has 3 N–H and O–H groups in total. The van der Waals surface area contributed by atoms with Crippen molar-refractivity contribution >= 4 is 11.8 Å². The molecule has 1 heterocycles. The minimum absolute atomic E-state index is 0.268. The lowest BCUT2D eigenvalue weighted by Crippen LogP contribution is -2.42. The molecule has 16 heavy (non-hydrogen) atoms. The third-order valence-corrected chi connectivity index (χ3v) is 4.28. The van der Waals surface area contributed by atoms with Crippen LogP contribution in [-0.4, -0.2) is 11.3 Å². The highest BCUT2D eigenvalue weighted by molar-refractivity contribution is 8.00. The third kappa shape index (κ3) is 2.41. The first-order chi connectivity index (χ1) is 7.85. The van der Waals surface area contributed by atoms with Crippen molar-refractivity contribution in [2.24, 2.45) is 5.84 Å². The van der Waals surface area contributed by atoms with Crippen molar-refractivity contribution in [3.8, 4) is 11.8 Å². The largest absolute Gasteiger partial charge is 0.271 e. The summed E-state index contributed by atoms with van der Waals surface area (Å²) in [5, 5.41) is 0.503. The van der Waals surface area contributed by atoms with Crippen molar-refractivity contribution in [1.82, 2.24) is 5.43 Å². The molecule has 2 nitrogen and oxygen atoms in total. The Morgan fingerprint density at radius 2 is 2.38 bits per heavy atom. The van der Waals surface area contributed by atoms with Gasteiger partial charge in [-0.25, -0.2) is 0 Å². The molecule has 0 bridgehead atoms. The predicted molar refractivity (Wildman–Crippen MR) is 69.0 cm³/mol. The molecule has 1 aromatic carbocycles. The van der Waals surface area contributed by atoms with Crippen LogP contribution in [0.5, 0.6) is 0 Å². The average Bonchev–Trinajstić information content (AvgIpc) is 2.73. The predicted octanol–water partition coefficient (Wildman–Crippen LogP) is 1.95. The number of benzene rings is 1. The molecule has 1 aliphatic rings. The van der Waals surface area contributed by atoms with Crippen LogP contribution in [0.15, 0.2) is 29.2 Å². The monoisotopic (exact) mass is 232 g/mol. The Morgan fingerprint density at radius 1 is 1.56 bits per heavy atom. The summed E-state index contributed by atoms with van der Waals surface area (Å²) >= 11 is 1.91. The Hall–Kier alpha value is -0.950. The number of nitrogens with two attached hydrogens (primary N) is 1. The van der Waals surface area contributed by atoms with Crippen LogP contribution < -0.4 is 11.3 Å². The second kappa shape index (κ2) is 5.40. The normalized spacial score (nSPS) is 19.8. The molecule has 1 aromatic rings. The molecule has 0 saturated carbocycles. The van der Waals surface area contributed by atoms with Crippen LogP contribution in [0.3, 0.4) is 0 Å². The van der Waals surface area contributed by atoms with Gasteiger partial charge in [0.1, 0.15) is 0 Å². The van der Waals surface area contributed by atoms with Crippen LogP contribution in [0.25, 0.3) is 0 Å². The first kappa shape index (κ1) is 11.5. The number of fused-ring (bicyclic) bond motifs is 1. The van der Waals surface area contributed by atoms with Gasteiger partial charge in [0.05, 0.1) is 0 Å². The summed E-state index contributed by atoms with van der Waals surface area (Å²) in [4.78, 5) is 1.39. The molecule has 0 aliphatic carbocycles. The lowest BCUT2D eigenvalue weighted by molar-refractivity contribution is 0.519. The summed E-state index contributed by atoms with van der Waals surface area (Å²) < 4.78 is 0. The van der Waals surface area contributed by atoms with Gasteiger partial charge in [-0.1, -0.05) is 18.2 Å². The van der Waals surface area contributed by atoms with Crippen LogP contribution >= 0.6 is 11.8 Å². The quantitative estimate of drug-likeness (QED) is 0.475. The first-order valence-electron chi connectivity index (χ1n) is 5.45. The number of hydrogen-bond acceptors (Lipinski definition) is 3. The molecule has 0 saturated heterocycles. The Morgan fingerprint density at radius 3 is 3.06 bits per heavy atom. The molecule has 2 rings (SSSR count). The van der Waals surface area contributed by atoms with E-state index in [4.69, 9.17) is 5.84 Å². The van der Waals surface area contributed by atoms with Gasteiger partial charge in [0.15, 0.2) is 0 Å². The summed E-state index contributed by atoms with van der Waals surface area (Å²) in [6.45, 7) is 1.87. The van der Waals surface area contributed by atoms with Crippen molar-refractivity contribution in [1.29, 1.82) is 0 Å². The fourth-order valence-corrected chi connectivity index (χ4v) is 3.33. The Bertz CT molecular complexity index is 394. The van der Waals surface area contributed by atoms with Crippen molar-refractivity contribution in [3.63, 3.8) is 0 Å². The van der Waals surface area contributed by atoms with Gasteiger partial charge in [0.25, 0.3) is 0 Å². The maximum Gasteiger partial charge on any atom is 0.0445 e. The number of hydrogen-bond donors (Lipinski definition) is 2. The van der Waals surface area contributed by atoms with Gasteiger partial charge in [0, 0.05) is 22.6 Å². The fraction of sp³-hybridized carbons (Fsp3) is 0.385. The fourth-order valence-electron chi connectivity index (χ4n) is 1.94. The molecule has 84 valence electrons. The van der Waals surface area contributed by atoms with Gasteiger partial charge in [-0.2, -0.15) is 0 Å². The summed E-state index contributed by atoms with van der Waals surface area (Å²) in [6, 6.07) is 8.83. The van der Waals surface area contributed by atoms with E-state index in [1.807, 2.05) is 18.7 Å². The van der Waals surface area contributed by atoms with Gasteiger partial charge < -0.3 is 0 Å². The summed E-state index contributed by atoms with van der Waals surface area (Å²) in [5.41, 5.74) is 4.32. The van der Waals surface area contributed by atoms with Crippen molar-refractivity contribution < 1.29 is 0 Å². The first-order valence-corrected chi connectivity index (χ1v) is 6.33. The smallest absolute Gasteiger partial charge is 0.0445 e. The van der Waals surface area contributed by atoms with E-state index >= 15 is 0 Å². The summed E-state index contributed by atoms with van der Waals surface area (Å²) in [6.07, 6.45) is 1.90. The number of thioether (sulfide) groups is 1. The van der Waals surface area contributed by atoms with Crippen LogP contribution in [0.4, 0.5) is 0 Å². The highest BCUT2D eigenvalue weighted by Gasteiger charge is 2.28. The van der Waals surface area contributed by atoms with Crippen LogP contribution in [-0.2, 0) is 6.42 Å². The van der Waals surface area contributed by atoms with Gasteiger partial charge in [-0.3, -0.25) is 11.3 Å². The molecular weight excluding hydrogens is 216 g/mol. The molecule has 0 radical (unpaired) electrons. The average molecular weight is 232 g/mol. The highest BCUT2D eigenvalue weighted by atomic mass is 32.2. The van der Waals surface area contributed by atoms with Crippen LogP contribution in [0, 0.1) is 11.8 Å². The van der Waals surface area contributed by atoms with Gasteiger partial charge >= 0.3 is 0 Å². The number of hydrazine groups is 1. The lowest BCUT2D eigenvalue weighted by atomic mass is 10.0. The number of rotatable bonds is 3. The molecule has 0 spiro atoms. The standard InChI is InChI=1S/C13H16N2S/c1-2-3-7-11(15-14)13-9-10-6-4-5-8-12(10)16-13/h4-6,8,11,13,15H,7,9,14H2,1H3. The van der Waals surface area contributed by atoms with Crippen LogP contribution in [0.2, 0.25) is 0 Å². The molecule has 3 heteroatoms. The molecule has 0 amide bonds. The molecule has 0 aromatic heterocycles. The van der Waals surface area contributed by atoms with E-state index in [1.165, 1.54) is 10.5 Å². The van der Waals surface area contributed by atoms with E-state index in [2.05, 4.69) is 41.5 Å². The highest BCUT2D eigenvalue weighted by Crippen LogP contribution is 2.38. The minimum atomic E-state index is 0.268. The molecule has 0 fully saturated rings. The summed E-state index contributed by atoms with van der Waals surface area (Å²) in [5.74, 6) is 11.6. The van der Waals surface area contributed by atoms with E-state index in [0.29, 0.717) is 5.25 Å². The lowest BCUT2D eigenvalue weighted by Gasteiger charge is -2.19. The Balaban J connectivity index is 2.05. The van der Waals surface area contributed by atoms with Crippen molar-refractivity contribution in [2.45, 2.75) is 36.0 Å². The van der Waals surface area contributed by atoms with E-state index in [1.54, 1.807) is 0 Å². The third-order valence-electron chi connectivity index (χ3n) is 2.83. The second-order valence-corrected chi connectivity index (χ2v) is 5.15.